The zero-order chi connectivity index (χ0) is 17.7. The molecule has 1 aliphatic heterocycles. The van der Waals surface area contributed by atoms with Gasteiger partial charge in [-0.05, 0) is 47.9 Å². The summed E-state index contributed by atoms with van der Waals surface area (Å²) in [6, 6.07) is 15.3. The zero-order valence-corrected chi connectivity index (χ0v) is 14.1. The monoisotopic (exact) mass is 342 g/mol. The van der Waals surface area contributed by atoms with Crippen LogP contribution in [0.2, 0.25) is 0 Å². The van der Waals surface area contributed by atoms with E-state index < -0.39 is 0 Å². The van der Waals surface area contributed by atoms with Gasteiger partial charge in [0.25, 0.3) is 0 Å². The molecular formula is C22H18N2O2. The van der Waals surface area contributed by atoms with Gasteiger partial charge in [-0.2, -0.15) is 0 Å². The smallest absolute Gasteiger partial charge is 0.143 e. The Labute approximate surface area is 151 Å². The van der Waals surface area contributed by atoms with E-state index in [1.54, 1.807) is 18.3 Å². The van der Waals surface area contributed by atoms with E-state index in [-0.39, 0.29) is 23.4 Å². The number of benzene rings is 2. The van der Waals surface area contributed by atoms with E-state index in [1.165, 1.54) is 0 Å². The predicted molar refractivity (Wildman–Crippen MR) is 101 cm³/mol. The van der Waals surface area contributed by atoms with Gasteiger partial charge in [-0.25, -0.2) is 0 Å². The van der Waals surface area contributed by atoms with Crippen molar-refractivity contribution < 1.29 is 9.90 Å². The molecule has 2 aliphatic rings. The number of nitrogens with one attached hydrogen (secondary N) is 1. The summed E-state index contributed by atoms with van der Waals surface area (Å²) in [5.41, 5.74) is 4.95. The molecule has 4 nitrogen and oxygen atoms in total. The molecule has 0 spiro atoms. The van der Waals surface area contributed by atoms with Crippen LogP contribution in [0.5, 0.6) is 5.75 Å². The quantitative estimate of drug-likeness (QED) is 0.690. The van der Waals surface area contributed by atoms with Gasteiger partial charge in [0.2, 0.25) is 0 Å². The number of rotatable bonds is 1. The number of hydrogen-bond donors (Lipinski definition) is 2. The van der Waals surface area contributed by atoms with Gasteiger partial charge in [0.15, 0.2) is 0 Å². The molecular weight excluding hydrogens is 324 g/mol. The van der Waals surface area contributed by atoms with Gasteiger partial charge in [0.05, 0.1) is 17.1 Å². The average molecular weight is 342 g/mol. The molecule has 0 saturated carbocycles. The minimum atomic E-state index is -0.229. The largest absolute Gasteiger partial charge is 0.508 e. The van der Waals surface area contributed by atoms with Crippen molar-refractivity contribution in [2.75, 3.05) is 5.32 Å². The first-order valence-corrected chi connectivity index (χ1v) is 8.89. The van der Waals surface area contributed by atoms with Crippen LogP contribution in [0, 0.1) is 5.92 Å². The molecule has 2 N–H and O–H groups in total. The minimum absolute atomic E-state index is 0.109. The Morgan fingerprint density at radius 1 is 1.08 bits per heavy atom. The second-order valence-corrected chi connectivity index (χ2v) is 6.94. The minimum Gasteiger partial charge on any atom is -0.508 e. The molecule has 1 aliphatic carbocycles. The molecule has 2 heterocycles. The third kappa shape index (κ3) is 2.22. The van der Waals surface area contributed by atoms with Crippen LogP contribution in [-0.4, -0.2) is 15.9 Å². The van der Waals surface area contributed by atoms with Crippen LogP contribution in [0.4, 0.5) is 5.69 Å². The molecule has 2 atom stereocenters. The highest BCUT2D eigenvalue weighted by molar-refractivity contribution is 5.98. The fourth-order valence-electron chi connectivity index (χ4n) is 4.30. The topological polar surface area (TPSA) is 62.2 Å². The first-order valence-electron chi connectivity index (χ1n) is 8.89. The number of aromatic nitrogens is 1. The molecule has 0 fully saturated rings. The summed E-state index contributed by atoms with van der Waals surface area (Å²) in [7, 11) is 0. The fraction of sp³-hybridized carbons (Fsp3) is 0.182. The first-order chi connectivity index (χ1) is 12.7. The summed E-state index contributed by atoms with van der Waals surface area (Å²) >= 11 is 0. The molecule has 3 aromatic rings. The van der Waals surface area contributed by atoms with E-state index in [0.717, 1.165) is 39.8 Å². The number of nitrogens with zero attached hydrogens (tertiary/aromatic N) is 1. The van der Waals surface area contributed by atoms with Crippen LogP contribution in [-0.2, 0) is 4.79 Å². The number of pyridine rings is 1. The Kier molecular flexibility index (Phi) is 3.32. The van der Waals surface area contributed by atoms with E-state index in [2.05, 4.69) is 28.5 Å². The van der Waals surface area contributed by atoms with Crippen molar-refractivity contribution in [1.29, 1.82) is 0 Å². The number of anilines is 1. The molecule has 26 heavy (non-hydrogen) atoms. The molecule has 5 rings (SSSR count). The molecule has 4 heteroatoms. The molecule has 1 aromatic heterocycles. The van der Waals surface area contributed by atoms with Gasteiger partial charge < -0.3 is 10.4 Å². The molecule has 2 aromatic carbocycles. The number of carbonyl (C=O) groups is 1. The number of phenols is 1. The van der Waals surface area contributed by atoms with Crippen molar-refractivity contribution in [2.45, 2.75) is 18.8 Å². The lowest BCUT2D eigenvalue weighted by Crippen LogP contribution is -2.34. The number of phenolic OH excluding ortho intramolecular Hbond substituents is 1. The van der Waals surface area contributed by atoms with E-state index in [0.29, 0.717) is 6.42 Å². The highest BCUT2D eigenvalue weighted by atomic mass is 16.3. The second kappa shape index (κ2) is 5.70. The number of fused-ring (bicyclic) bond motifs is 4. The normalized spacial score (nSPS) is 21.5. The maximum atomic E-state index is 12.8. The second-order valence-electron chi connectivity index (χ2n) is 6.94. The lowest BCUT2D eigenvalue weighted by molar-refractivity contribution is -0.122. The molecule has 0 bridgehead atoms. The van der Waals surface area contributed by atoms with Gasteiger partial charge in [0, 0.05) is 29.6 Å². The Hall–Kier alpha value is -3.14. The van der Waals surface area contributed by atoms with Gasteiger partial charge in [-0.3, -0.25) is 9.78 Å². The van der Waals surface area contributed by atoms with E-state index >= 15 is 0 Å². The molecule has 0 amide bonds. The lowest BCUT2D eigenvalue weighted by atomic mass is 9.71. The van der Waals surface area contributed by atoms with Crippen molar-refractivity contribution in [1.82, 2.24) is 4.98 Å². The molecule has 2 unspecified atom stereocenters. The average Bonchev–Trinajstić information content (AvgIpc) is 2.66. The zero-order valence-electron chi connectivity index (χ0n) is 14.1. The van der Waals surface area contributed by atoms with Crippen molar-refractivity contribution in [3.8, 4) is 5.75 Å². The number of aromatic hydroxyl groups is 1. The summed E-state index contributed by atoms with van der Waals surface area (Å²) in [6.07, 6.45) is 5.26. The standard InChI is InChI=1S/C22H18N2O2/c25-14-5-1-4-13(12-14)20-16-9-10-17-15(6-3-11-23-17)22(16)24-18-7-2-8-19(26)21(18)20/h1,3-7,9-12,20-21,24-25H,2,8H2. The first kappa shape index (κ1) is 15.1. The maximum Gasteiger partial charge on any atom is 0.143 e. The SMILES string of the molecule is O=C1CCC=C2Nc3c(ccc4ncccc34)C(c3cccc(O)c3)C12. The van der Waals surface area contributed by atoms with E-state index in [9.17, 15) is 9.90 Å². The van der Waals surface area contributed by atoms with Crippen molar-refractivity contribution in [3.63, 3.8) is 0 Å². The van der Waals surface area contributed by atoms with E-state index in [1.807, 2.05) is 24.3 Å². The number of Topliss-reactive ketones (excluding diaryl/α,β-unsaturated/α-hetero) is 1. The van der Waals surface area contributed by atoms with Crippen LogP contribution >= 0.6 is 0 Å². The lowest BCUT2D eigenvalue weighted by Gasteiger charge is -2.38. The Morgan fingerprint density at radius 3 is 2.88 bits per heavy atom. The third-order valence-electron chi connectivity index (χ3n) is 5.42. The Balaban J connectivity index is 1.80. The number of carbonyl (C=O) groups excluding carboxylic acids is 1. The van der Waals surface area contributed by atoms with Crippen LogP contribution in [0.1, 0.15) is 29.9 Å². The highest BCUT2D eigenvalue weighted by Crippen LogP contribution is 2.48. The number of allylic oxidation sites excluding steroid dienone is 2. The number of hydrogen-bond acceptors (Lipinski definition) is 4. The summed E-state index contributed by atoms with van der Waals surface area (Å²) in [5, 5.41) is 14.6. The fourth-order valence-corrected chi connectivity index (χ4v) is 4.30. The van der Waals surface area contributed by atoms with Crippen molar-refractivity contribution >= 4 is 22.4 Å². The van der Waals surface area contributed by atoms with Crippen molar-refractivity contribution in [2.24, 2.45) is 5.92 Å². The number of ketones is 1. The van der Waals surface area contributed by atoms with Gasteiger partial charge in [0.1, 0.15) is 11.5 Å². The Bertz CT molecular complexity index is 1070. The third-order valence-corrected chi connectivity index (χ3v) is 5.42. The summed E-state index contributed by atoms with van der Waals surface area (Å²) in [6.45, 7) is 0. The van der Waals surface area contributed by atoms with Crippen LogP contribution < -0.4 is 5.32 Å². The summed E-state index contributed by atoms with van der Waals surface area (Å²) < 4.78 is 0. The van der Waals surface area contributed by atoms with Gasteiger partial charge >= 0.3 is 0 Å². The van der Waals surface area contributed by atoms with Gasteiger partial charge in [-0.15, -0.1) is 0 Å². The molecule has 0 saturated heterocycles. The predicted octanol–water partition coefficient (Wildman–Crippen LogP) is 4.36. The van der Waals surface area contributed by atoms with Crippen molar-refractivity contribution in [3.05, 3.63) is 77.6 Å². The summed E-state index contributed by atoms with van der Waals surface area (Å²) in [5.74, 6) is 0.133. The molecule has 128 valence electrons. The molecule has 0 radical (unpaired) electrons. The van der Waals surface area contributed by atoms with Crippen LogP contribution in [0.3, 0.4) is 0 Å². The van der Waals surface area contributed by atoms with Crippen LogP contribution in [0.25, 0.3) is 10.9 Å². The summed E-state index contributed by atoms with van der Waals surface area (Å²) in [4.78, 5) is 17.3. The maximum absolute atomic E-state index is 12.8. The van der Waals surface area contributed by atoms with E-state index in [4.69, 9.17) is 0 Å². The Morgan fingerprint density at radius 2 is 2.00 bits per heavy atom. The highest BCUT2D eigenvalue weighted by Gasteiger charge is 2.40. The van der Waals surface area contributed by atoms with Crippen LogP contribution in [0.15, 0.2) is 66.5 Å². The van der Waals surface area contributed by atoms with Gasteiger partial charge in [-0.1, -0.05) is 24.3 Å².